The molecular formula is C15H19FN2O2S. The van der Waals surface area contributed by atoms with Crippen LogP contribution in [0.25, 0.3) is 0 Å². The van der Waals surface area contributed by atoms with Gasteiger partial charge in [-0.1, -0.05) is 12.1 Å². The third-order valence-electron chi connectivity index (χ3n) is 3.01. The molecule has 0 radical (unpaired) electrons. The summed E-state index contributed by atoms with van der Waals surface area (Å²) in [5.41, 5.74) is -0.326. The second-order valence-corrected chi connectivity index (χ2v) is 6.13. The van der Waals surface area contributed by atoms with Crippen LogP contribution in [0.1, 0.15) is 18.9 Å². The minimum Gasteiger partial charge on any atom is -0.488 e. The maximum absolute atomic E-state index is 13.4. The Morgan fingerprint density at radius 2 is 2.19 bits per heavy atom. The molecule has 4 nitrogen and oxygen atoms in total. The van der Waals surface area contributed by atoms with E-state index >= 15 is 0 Å². The van der Waals surface area contributed by atoms with Crippen LogP contribution >= 0.6 is 11.3 Å². The number of para-hydroxylation sites is 1. The zero-order valence-corrected chi connectivity index (χ0v) is 12.9. The molecule has 2 rings (SSSR count). The number of hydrogen-bond donors (Lipinski definition) is 2. The maximum Gasteiger partial charge on any atom is 0.165 e. The Balaban J connectivity index is 1.80. The van der Waals surface area contributed by atoms with Crippen LogP contribution in [0, 0.1) is 5.82 Å². The molecule has 0 spiro atoms. The van der Waals surface area contributed by atoms with Crippen LogP contribution in [0.5, 0.6) is 5.75 Å². The van der Waals surface area contributed by atoms with Crippen LogP contribution in [0.2, 0.25) is 0 Å². The lowest BCUT2D eigenvalue weighted by atomic mass is 10.1. The van der Waals surface area contributed by atoms with Crippen molar-refractivity contribution in [3.63, 3.8) is 0 Å². The SMILES string of the molecule is CC(C)(NCC(O)COc1ccccc1F)c1nccs1. The van der Waals surface area contributed by atoms with Crippen molar-refractivity contribution in [2.75, 3.05) is 13.2 Å². The van der Waals surface area contributed by atoms with E-state index < -0.39 is 11.9 Å². The van der Waals surface area contributed by atoms with Crippen molar-refractivity contribution in [3.05, 3.63) is 46.7 Å². The van der Waals surface area contributed by atoms with Gasteiger partial charge in [-0.3, -0.25) is 0 Å². The second kappa shape index (κ2) is 6.98. The summed E-state index contributed by atoms with van der Waals surface area (Å²) in [5.74, 6) is -0.281. The molecule has 0 aliphatic rings. The van der Waals surface area contributed by atoms with Crippen molar-refractivity contribution in [1.82, 2.24) is 10.3 Å². The van der Waals surface area contributed by atoms with Crippen molar-refractivity contribution in [1.29, 1.82) is 0 Å². The number of hydrogen-bond acceptors (Lipinski definition) is 5. The molecule has 0 bridgehead atoms. The van der Waals surface area contributed by atoms with Gasteiger partial charge in [0.2, 0.25) is 0 Å². The zero-order chi connectivity index (χ0) is 15.3. The lowest BCUT2D eigenvalue weighted by Gasteiger charge is -2.25. The topological polar surface area (TPSA) is 54.4 Å². The van der Waals surface area contributed by atoms with E-state index in [9.17, 15) is 9.50 Å². The van der Waals surface area contributed by atoms with Gasteiger partial charge in [0.25, 0.3) is 0 Å². The van der Waals surface area contributed by atoms with Crippen molar-refractivity contribution in [3.8, 4) is 5.75 Å². The Morgan fingerprint density at radius 3 is 2.86 bits per heavy atom. The smallest absolute Gasteiger partial charge is 0.165 e. The number of aliphatic hydroxyl groups excluding tert-OH is 1. The fourth-order valence-electron chi connectivity index (χ4n) is 1.79. The fraction of sp³-hybridized carbons (Fsp3) is 0.400. The molecule has 0 aliphatic heterocycles. The molecule has 1 heterocycles. The third kappa shape index (κ3) is 4.49. The summed E-state index contributed by atoms with van der Waals surface area (Å²) < 4.78 is 18.6. The summed E-state index contributed by atoms with van der Waals surface area (Å²) in [6.07, 6.45) is 1.02. The van der Waals surface area contributed by atoms with Crippen LogP contribution in [0.3, 0.4) is 0 Å². The molecule has 0 aliphatic carbocycles. The highest BCUT2D eigenvalue weighted by atomic mass is 32.1. The van der Waals surface area contributed by atoms with Crippen LogP contribution in [-0.2, 0) is 5.54 Å². The first-order valence-electron chi connectivity index (χ1n) is 6.69. The van der Waals surface area contributed by atoms with Crippen LogP contribution in [0.4, 0.5) is 4.39 Å². The lowest BCUT2D eigenvalue weighted by Crippen LogP contribution is -2.42. The molecule has 21 heavy (non-hydrogen) atoms. The largest absolute Gasteiger partial charge is 0.488 e. The predicted octanol–water partition coefficient (Wildman–Crippen LogP) is 2.55. The lowest BCUT2D eigenvalue weighted by molar-refractivity contribution is 0.0967. The third-order valence-corrected chi connectivity index (χ3v) is 4.11. The van der Waals surface area contributed by atoms with E-state index in [1.54, 1.807) is 29.7 Å². The summed E-state index contributed by atoms with van der Waals surface area (Å²) in [5, 5.41) is 16.0. The van der Waals surface area contributed by atoms with E-state index in [0.717, 1.165) is 5.01 Å². The van der Waals surface area contributed by atoms with E-state index in [1.165, 1.54) is 12.1 Å². The van der Waals surface area contributed by atoms with Gasteiger partial charge < -0.3 is 15.2 Å². The predicted molar refractivity (Wildman–Crippen MR) is 81.0 cm³/mol. The van der Waals surface area contributed by atoms with Crippen molar-refractivity contribution < 1.29 is 14.2 Å². The minimum atomic E-state index is -0.733. The molecule has 1 aromatic carbocycles. The van der Waals surface area contributed by atoms with Crippen LogP contribution in [0.15, 0.2) is 35.8 Å². The van der Waals surface area contributed by atoms with Gasteiger partial charge in [-0.2, -0.15) is 0 Å². The highest BCUT2D eigenvalue weighted by Gasteiger charge is 2.23. The van der Waals surface area contributed by atoms with E-state index in [2.05, 4.69) is 10.3 Å². The molecule has 1 unspecified atom stereocenters. The van der Waals surface area contributed by atoms with Gasteiger partial charge in [-0.25, -0.2) is 9.37 Å². The van der Waals surface area contributed by atoms with E-state index in [0.29, 0.717) is 6.54 Å². The van der Waals surface area contributed by atoms with Crippen molar-refractivity contribution >= 4 is 11.3 Å². The van der Waals surface area contributed by atoms with Gasteiger partial charge in [0.05, 0.1) is 5.54 Å². The molecule has 0 fully saturated rings. The second-order valence-electron chi connectivity index (χ2n) is 5.24. The van der Waals surface area contributed by atoms with Gasteiger partial charge in [0.15, 0.2) is 11.6 Å². The van der Waals surface area contributed by atoms with Crippen LogP contribution in [-0.4, -0.2) is 29.3 Å². The van der Waals surface area contributed by atoms with Gasteiger partial charge in [0.1, 0.15) is 17.7 Å². The van der Waals surface area contributed by atoms with Crippen LogP contribution < -0.4 is 10.1 Å². The summed E-state index contributed by atoms with van der Waals surface area (Å²) in [6.45, 7) is 4.36. The monoisotopic (exact) mass is 310 g/mol. The van der Waals surface area contributed by atoms with E-state index in [4.69, 9.17) is 4.74 Å². The number of nitrogens with one attached hydrogen (secondary N) is 1. The quantitative estimate of drug-likeness (QED) is 0.825. The standard InChI is InChI=1S/C15H19FN2O2S/c1-15(2,14-17-7-8-21-14)18-9-11(19)10-20-13-6-4-3-5-12(13)16/h3-8,11,18-19H,9-10H2,1-2H3. The van der Waals surface area contributed by atoms with E-state index in [1.807, 2.05) is 19.2 Å². The zero-order valence-electron chi connectivity index (χ0n) is 12.0. The summed E-state index contributed by atoms with van der Waals surface area (Å²) in [4.78, 5) is 4.26. The highest BCUT2D eigenvalue weighted by Crippen LogP contribution is 2.21. The fourth-order valence-corrected chi connectivity index (χ4v) is 2.53. The Morgan fingerprint density at radius 1 is 1.43 bits per heavy atom. The van der Waals surface area contributed by atoms with Gasteiger partial charge >= 0.3 is 0 Å². The highest BCUT2D eigenvalue weighted by molar-refractivity contribution is 7.09. The van der Waals surface area contributed by atoms with Gasteiger partial charge in [-0.05, 0) is 26.0 Å². The number of aliphatic hydroxyl groups is 1. The first-order chi connectivity index (χ1) is 9.99. The number of aromatic nitrogens is 1. The molecule has 6 heteroatoms. The Bertz CT molecular complexity index is 561. The summed E-state index contributed by atoms with van der Waals surface area (Å²) in [7, 11) is 0. The average Bonchev–Trinajstić information content (AvgIpc) is 2.99. The minimum absolute atomic E-state index is 0.0296. The number of nitrogens with zero attached hydrogens (tertiary/aromatic N) is 1. The number of benzene rings is 1. The molecule has 2 N–H and O–H groups in total. The number of rotatable bonds is 7. The molecule has 1 aromatic heterocycles. The molecule has 1 atom stereocenters. The summed E-state index contributed by atoms with van der Waals surface area (Å²) >= 11 is 1.56. The van der Waals surface area contributed by atoms with Crippen molar-refractivity contribution in [2.45, 2.75) is 25.5 Å². The summed E-state index contributed by atoms with van der Waals surface area (Å²) in [6, 6.07) is 6.14. The normalized spacial score (nSPS) is 13.1. The number of thiazole rings is 1. The first-order valence-corrected chi connectivity index (χ1v) is 7.57. The van der Waals surface area contributed by atoms with Gasteiger partial charge in [-0.15, -0.1) is 11.3 Å². The Labute approximate surface area is 127 Å². The first kappa shape index (κ1) is 15.9. The molecule has 2 aromatic rings. The maximum atomic E-state index is 13.4. The average molecular weight is 310 g/mol. The number of ether oxygens (including phenoxy) is 1. The van der Waals surface area contributed by atoms with Crippen molar-refractivity contribution in [2.24, 2.45) is 0 Å². The van der Waals surface area contributed by atoms with E-state index in [-0.39, 0.29) is 17.9 Å². The Kier molecular flexibility index (Phi) is 5.27. The molecule has 114 valence electrons. The molecule has 0 saturated heterocycles. The Hall–Kier alpha value is -1.50. The van der Waals surface area contributed by atoms with Gasteiger partial charge in [0, 0.05) is 18.1 Å². The molecular weight excluding hydrogens is 291 g/mol. The number of halogens is 1. The molecule has 0 saturated carbocycles. The molecule has 0 amide bonds.